The van der Waals surface area contributed by atoms with Crippen molar-refractivity contribution in [2.24, 2.45) is 0 Å². The molecule has 0 bridgehead atoms. The van der Waals surface area contributed by atoms with Gasteiger partial charge in [-0.2, -0.15) is 0 Å². The van der Waals surface area contributed by atoms with Crippen molar-refractivity contribution < 1.29 is 23.5 Å². The van der Waals surface area contributed by atoms with Gasteiger partial charge in [0.05, 0.1) is 21.6 Å². The number of hydrogen-bond donors (Lipinski definition) is 0. The molecule has 0 aliphatic carbocycles. The molecule has 0 saturated carbocycles. The van der Waals surface area contributed by atoms with E-state index in [1.165, 1.54) is 17.0 Å². The highest BCUT2D eigenvalue weighted by Crippen LogP contribution is 2.38. The largest absolute Gasteiger partial charge is 0.490 e. The van der Waals surface area contributed by atoms with Gasteiger partial charge in [0, 0.05) is 0 Å². The number of ether oxygens (including phenoxy) is 2. The smallest absolute Gasteiger partial charge is 0.293 e. The third-order valence-electron chi connectivity index (χ3n) is 6.01. The zero-order chi connectivity index (χ0) is 26.6. The van der Waals surface area contributed by atoms with Gasteiger partial charge in [-0.15, -0.1) is 0 Å². The van der Waals surface area contributed by atoms with Gasteiger partial charge >= 0.3 is 0 Å². The van der Waals surface area contributed by atoms with Crippen LogP contribution in [-0.2, 0) is 17.9 Å². The number of halogens is 2. The fourth-order valence-corrected chi connectivity index (χ4v) is 5.82. The minimum Gasteiger partial charge on any atom is -0.490 e. The summed E-state index contributed by atoms with van der Waals surface area (Å²) in [5, 5.41) is 1.78. The molecule has 1 aliphatic rings. The van der Waals surface area contributed by atoms with Crippen LogP contribution < -0.4 is 9.47 Å². The summed E-state index contributed by atoms with van der Waals surface area (Å²) < 4.78 is 25.9. The Bertz CT molecular complexity index is 1550. The summed E-state index contributed by atoms with van der Waals surface area (Å²) in [6.45, 7) is 2.76. The van der Waals surface area contributed by atoms with Gasteiger partial charge in [0.1, 0.15) is 12.4 Å². The van der Waals surface area contributed by atoms with E-state index < -0.39 is 0 Å². The molecule has 4 aromatic carbocycles. The standard InChI is InChI=1S/C30H23FINO4S/c1-2-36-26-15-20(14-25(32)28(26)37-18-19-10-12-23(31)13-11-19)16-27-29(34)33(30(35)38-27)17-22-8-5-7-21-6-3-4-9-24(21)22/h3-16H,2,17-18H2,1H3/b27-16-. The summed E-state index contributed by atoms with van der Waals surface area (Å²) in [6.07, 6.45) is 1.71. The number of fused-ring (bicyclic) bond motifs is 1. The van der Waals surface area contributed by atoms with Crippen molar-refractivity contribution in [2.75, 3.05) is 6.61 Å². The second kappa shape index (κ2) is 11.6. The highest BCUT2D eigenvalue weighted by atomic mass is 127. The lowest BCUT2D eigenvalue weighted by atomic mass is 10.0. The Hall–Kier alpha value is -3.37. The predicted octanol–water partition coefficient (Wildman–Crippen LogP) is 7.80. The fourth-order valence-electron chi connectivity index (χ4n) is 4.20. The van der Waals surface area contributed by atoms with Crippen LogP contribution in [0.25, 0.3) is 16.8 Å². The normalized spacial score (nSPS) is 14.5. The minimum atomic E-state index is -0.322. The van der Waals surface area contributed by atoms with Crippen LogP contribution in [0, 0.1) is 9.39 Å². The van der Waals surface area contributed by atoms with E-state index in [9.17, 15) is 14.0 Å². The predicted molar refractivity (Wildman–Crippen MR) is 157 cm³/mol. The molecule has 0 aromatic heterocycles. The Morgan fingerprint density at radius 1 is 0.974 bits per heavy atom. The van der Waals surface area contributed by atoms with Crippen molar-refractivity contribution in [3.05, 3.63) is 110 Å². The lowest BCUT2D eigenvalue weighted by Gasteiger charge is -2.15. The summed E-state index contributed by atoms with van der Waals surface area (Å²) in [6, 6.07) is 23.6. The first-order valence-electron chi connectivity index (χ1n) is 12.0. The molecule has 0 atom stereocenters. The Labute approximate surface area is 237 Å². The van der Waals surface area contributed by atoms with Crippen LogP contribution >= 0.6 is 34.4 Å². The summed E-state index contributed by atoms with van der Waals surface area (Å²) in [7, 11) is 0. The average molecular weight is 639 g/mol. The highest BCUT2D eigenvalue weighted by molar-refractivity contribution is 14.1. The van der Waals surface area contributed by atoms with Gasteiger partial charge in [-0.1, -0.05) is 54.6 Å². The number of thioether (sulfide) groups is 1. The molecule has 8 heteroatoms. The zero-order valence-corrected chi connectivity index (χ0v) is 23.4. The summed E-state index contributed by atoms with van der Waals surface area (Å²) in [5.74, 6) is 0.475. The number of hydrogen-bond acceptors (Lipinski definition) is 5. The number of carbonyl (C=O) groups is 2. The quantitative estimate of drug-likeness (QED) is 0.146. The van der Waals surface area contributed by atoms with E-state index in [-0.39, 0.29) is 30.1 Å². The second-order valence-corrected chi connectivity index (χ2v) is 10.7. The van der Waals surface area contributed by atoms with E-state index in [2.05, 4.69) is 22.6 Å². The molecule has 1 fully saturated rings. The SMILES string of the molecule is CCOc1cc(/C=C2\SC(=O)N(Cc3cccc4ccccc34)C2=O)cc(I)c1OCc1ccc(F)cc1. The zero-order valence-electron chi connectivity index (χ0n) is 20.4. The molecular weight excluding hydrogens is 616 g/mol. The van der Waals surface area contributed by atoms with Gasteiger partial charge in [0.15, 0.2) is 11.5 Å². The molecule has 1 saturated heterocycles. The van der Waals surface area contributed by atoms with Gasteiger partial charge in [0.2, 0.25) is 0 Å². The molecule has 5 rings (SSSR count). The first-order valence-corrected chi connectivity index (χ1v) is 13.9. The van der Waals surface area contributed by atoms with Crippen LogP contribution in [0.3, 0.4) is 0 Å². The molecule has 0 unspecified atom stereocenters. The van der Waals surface area contributed by atoms with Gasteiger partial charge < -0.3 is 9.47 Å². The number of carbonyl (C=O) groups excluding carboxylic acids is 2. The third kappa shape index (κ3) is 5.71. The summed E-state index contributed by atoms with van der Waals surface area (Å²) in [5.41, 5.74) is 2.47. The van der Waals surface area contributed by atoms with Gasteiger partial charge in [0.25, 0.3) is 11.1 Å². The van der Waals surface area contributed by atoms with E-state index in [1.807, 2.05) is 55.5 Å². The molecule has 2 amide bonds. The first-order chi connectivity index (χ1) is 18.4. The fraction of sp³-hybridized carbons (Fsp3) is 0.133. The van der Waals surface area contributed by atoms with E-state index in [0.29, 0.717) is 23.0 Å². The molecule has 1 aliphatic heterocycles. The Balaban J connectivity index is 1.38. The van der Waals surface area contributed by atoms with Crippen molar-refractivity contribution in [1.29, 1.82) is 0 Å². The lowest BCUT2D eigenvalue weighted by Crippen LogP contribution is -2.27. The van der Waals surface area contributed by atoms with Crippen molar-refractivity contribution in [1.82, 2.24) is 4.90 Å². The van der Waals surface area contributed by atoms with E-state index in [0.717, 1.165) is 42.8 Å². The number of benzene rings is 4. The molecule has 1 heterocycles. The van der Waals surface area contributed by atoms with Crippen LogP contribution in [0.4, 0.5) is 9.18 Å². The maximum Gasteiger partial charge on any atom is 0.293 e. The lowest BCUT2D eigenvalue weighted by molar-refractivity contribution is -0.123. The summed E-state index contributed by atoms with van der Waals surface area (Å²) in [4.78, 5) is 27.7. The topological polar surface area (TPSA) is 55.8 Å². The molecular formula is C30H23FINO4S. The maximum atomic E-state index is 13.2. The first kappa shape index (κ1) is 26.2. The second-order valence-electron chi connectivity index (χ2n) is 8.58. The Morgan fingerprint density at radius 3 is 2.53 bits per heavy atom. The monoisotopic (exact) mass is 639 g/mol. The highest BCUT2D eigenvalue weighted by Gasteiger charge is 2.35. The van der Waals surface area contributed by atoms with Crippen LogP contribution in [-0.4, -0.2) is 22.7 Å². The number of imide groups is 1. The van der Waals surface area contributed by atoms with Gasteiger partial charge in [-0.05, 0) is 99.1 Å². The van der Waals surface area contributed by atoms with Crippen LogP contribution in [0.15, 0.2) is 83.8 Å². The number of amides is 2. The van der Waals surface area contributed by atoms with Crippen molar-refractivity contribution in [3.8, 4) is 11.5 Å². The van der Waals surface area contributed by atoms with E-state index >= 15 is 0 Å². The van der Waals surface area contributed by atoms with Gasteiger partial charge in [-0.25, -0.2) is 4.39 Å². The maximum absolute atomic E-state index is 13.2. The summed E-state index contributed by atoms with van der Waals surface area (Å²) >= 11 is 3.09. The van der Waals surface area contributed by atoms with Crippen LogP contribution in [0.1, 0.15) is 23.6 Å². The van der Waals surface area contributed by atoms with Crippen molar-refractivity contribution in [3.63, 3.8) is 0 Å². The molecule has 0 spiro atoms. The Morgan fingerprint density at radius 2 is 1.74 bits per heavy atom. The molecule has 0 radical (unpaired) electrons. The molecule has 5 nitrogen and oxygen atoms in total. The van der Waals surface area contributed by atoms with Crippen LogP contribution in [0.2, 0.25) is 0 Å². The van der Waals surface area contributed by atoms with E-state index in [1.54, 1.807) is 24.3 Å². The molecule has 0 N–H and O–H groups in total. The number of nitrogens with zero attached hydrogens (tertiary/aromatic N) is 1. The molecule has 4 aromatic rings. The van der Waals surface area contributed by atoms with Crippen molar-refractivity contribution in [2.45, 2.75) is 20.1 Å². The van der Waals surface area contributed by atoms with Crippen LogP contribution in [0.5, 0.6) is 11.5 Å². The third-order valence-corrected chi connectivity index (χ3v) is 7.72. The Kier molecular flexibility index (Phi) is 7.99. The van der Waals surface area contributed by atoms with Gasteiger partial charge in [-0.3, -0.25) is 14.5 Å². The number of rotatable bonds is 8. The van der Waals surface area contributed by atoms with E-state index in [4.69, 9.17) is 9.47 Å². The average Bonchev–Trinajstić information content (AvgIpc) is 3.17. The van der Waals surface area contributed by atoms with Crippen molar-refractivity contribution >= 4 is 62.3 Å². The molecule has 38 heavy (non-hydrogen) atoms. The molecule has 192 valence electrons. The minimum absolute atomic E-state index is 0.210.